The van der Waals surface area contributed by atoms with Crippen molar-refractivity contribution in [1.82, 2.24) is 0 Å². The molecular formula is C22H24O4S2. The zero-order valence-electron chi connectivity index (χ0n) is 16.0. The van der Waals surface area contributed by atoms with E-state index in [4.69, 9.17) is 0 Å². The summed E-state index contributed by atoms with van der Waals surface area (Å²) in [6.45, 7) is 7.75. The highest BCUT2D eigenvalue weighted by Gasteiger charge is 2.78. The van der Waals surface area contributed by atoms with Crippen LogP contribution in [0.4, 0.5) is 0 Å². The van der Waals surface area contributed by atoms with Gasteiger partial charge >= 0.3 is 0 Å². The van der Waals surface area contributed by atoms with E-state index in [1.807, 2.05) is 6.92 Å². The molecule has 0 N–H and O–H groups in total. The van der Waals surface area contributed by atoms with Crippen LogP contribution in [0.3, 0.4) is 0 Å². The number of fused-ring (bicyclic) bond motifs is 1. The van der Waals surface area contributed by atoms with Gasteiger partial charge in [-0.3, -0.25) is 0 Å². The maximum absolute atomic E-state index is 13.9. The van der Waals surface area contributed by atoms with E-state index in [0.717, 1.165) is 12.0 Å². The van der Waals surface area contributed by atoms with Gasteiger partial charge in [0.15, 0.2) is 23.8 Å². The Morgan fingerprint density at radius 1 is 0.857 bits per heavy atom. The van der Waals surface area contributed by atoms with Gasteiger partial charge in [0.05, 0.1) is 9.79 Å². The van der Waals surface area contributed by atoms with E-state index >= 15 is 0 Å². The first kappa shape index (κ1) is 19.4. The smallest absolute Gasteiger partial charge is 0.199 e. The largest absolute Gasteiger partial charge is 0.222 e. The standard InChI is InChI=1S/C22H24O4S2/c1-16(2)21-14-18(21)15-22(17(21)3,27(23,24)19-10-6-4-7-11-19)28(25,26)20-12-8-5-9-13-20/h4-13,17-18H,1,14-15H2,2-3H3/t17-,18+,21+/m0/s1. The van der Waals surface area contributed by atoms with Crippen molar-refractivity contribution in [2.24, 2.45) is 17.3 Å². The summed E-state index contributed by atoms with van der Waals surface area (Å²) in [5, 5.41) is 0. The maximum atomic E-state index is 13.9. The topological polar surface area (TPSA) is 68.3 Å². The molecule has 2 fully saturated rings. The Labute approximate surface area is 167 Å². The van der Waals surface area contributed by atoms with E-state index in [0.29, 0.717) is 0 Å². The highest BCUT2D eigenvalue weighted by molar-refractivity contribution is 8.10. The van der Waals surface area contributed by atoms with Crippen LogP contribution < -0.4 is 0 Å². The first-order chi connectivity index (χ1) is 13.1. The average molecular weight is 417 g/mol. The fourth-order valence-electron chi connectivity index (χ4n) is 5.37. The fourth-order valence-corrected chi connectivity index (χ4v) is 11.1. The van der Waals surface area contributed by atoms with Crippen molar-refractivity contribution < 1.29 is 16.8 Å². The van der Waals surface area contributed by atoms with E-state index in [-0.39, 0.29) is 22.1 Å². The highest BCUT2D eigenvalue weighted by Crippen LogP contribution is 2.75. The van der Waals surface area contributed by atoms with Crippen LogP contribution in [-0.2, 0) is 19.7 Å². The van der Waals surface area contributed by atoms with E-state index < -0.39 is 35.1 Å². The molecule has 4 rings (SSSR count). The third-order valence-corrected chi connectivity index (χ3v) is 12.9. The minimum absolute atomic E-state index is 0.0250. The van der Waals surface area contributed by atoms with Crippen molar-refractivity contribution in [3.05, 3.63) is 72.8 Å². The van der Waals surface area contributed by atoms with Crippen LogP contribution in [-0.4, -0.2) is 20.9 Å². The molecule has 2 aliphatic rings. The summed E-state index contributed by atoms with van der Waals surface area (Å²) < 4.78 is 53.7. The quantitative estimate of drug-likeness (QED) is 0.683. The number of hydrogen-bond donors (Lipinski definition) is 0. The fraction of sp³-hybridized carbons (Fsp3) is 0.364. The Balaban J connectivity index is 2.01. The second-order valence-corrected chi connectivity index (χ2v) is 12.8. The molecule has 0 spiro atoms. The maximum Gasteiger partial charge on any atom is 0.199 e. The van der Waals surface area contributed by atoms with Gasteiger partial charge in [-0.2, -0.15) is 0 Å². The molecule has 2 aromatic carbocycles. The molecule has 0 saturated heterocycles. The molecule has 0 unspecified atom stereocenters. The summed E-state index contributed by atoms with van der Waals surface area (Å²) in [6.07, 6.45) is 0.912. The number of sulfone groups is 2. The molecule has 0 aromatic heterocycles. The second-order valence-electron chi connectivity index (χ2n) is 8.09. The van der Waals surface area contributed by atoms with Crippen molar-refractivity contribution >= 4 is 19.7 Å². The Bertz CT molecular complexity index is 1070. The minimum atomic E-state index is -4.16. The van der Waals surface area contributed by atoms with Gasteiger partial charge < -0.3 is 0 Å². The Kier molecular flexibility index (Phi) is 4.18. The molecule has 28 heavy (non-hydrogen) atoms. The molecule has 0 heterocycles. The summed E-state index contributed by atoms with van der Waals surface area (Å²) in [4.78, 5) is 0.110. The lowest BCUT2D eigenvalue weighted by molar-refractivity contribution is 0.379. The Morgan fingerprint density at radius 3 is 1.64 bits per heavy atom. The predicted molar refractivity (Wildman–Crippen MR) is 109 cm³/mol. The summed E-state index contributed by atoms with van der Waals surface area (Å²) in [6, 6.07) is 15.9. The molecule has 2 saturated carbocycles. The van der Waals surface area contributed by atoms with Gasteiger partial charge in [-0.05, 0) is 55.4 Å². The first-order valence-corrected chi connectivity index (χ1v) is 12.3. The van der Waals surface area contributed by atoms with Crippen LogP contribution in [0.25, 0.3) is 0 Å². The number of benzene rings is 2. The summed E-state index contributed by atoms with van der Waals surface area (Å²) in [7, 11) is -8.32. The SMILES string of the molecule is C=C(C)[C@@]12C[C@@H]1CC(S(=O)(=O)c1ccccc1)(S(=O)(=O)c1ccccc1)[C@H]2C. The van der Waals surface area contributed by atoms with Crippen LogP contribution in [0, 0.1) is 17.3 Å². The van der Waals surface area contributed by atoms with Crippen molar-refractivity contribution in [2.45, 2.75) is 40.6 Å². The summed E-state index contributed by atoms with van der Waals surface area (Å²) in [5.74, 6) is -0.560. The third kappa shape index (κ3) is 2.22. The van der Waals surface area contributed by atoms with E-state index in [1.54, 1.807) is 43.3 Å². The third-order valence-electron chi connectivity index (χ3n) is 6.93. The number of hydrogen-bond acceptors (Lipinski definition) is 4. The van der Waals surface area contributed by atoms with Crippen LogP contribution in [0.15, 0.2) is 82.6 Å². The summed E-state index contributed by atoms with van der Waals surface area (Å²) in [5.41, 5.74) is 0.447. The van der Waals surface area contributed by atoms with E-state index in [9.17, 15) is 16.8 Å². The van der Waals surface area contributed by atoms with Crippen molar-refractivity contribution in [1.29, 1.82) is 0 Å². The van der Waals surface area contributed by atoms with Crippen LogP contribution in [0.2, 0.25) is 0 Å². The van der Waals surface area contributed by atoms with Gasteiger partial charge in [0.25, 0.3) is 0 Å². The molecule has 4 nitrogen and oxygen atoms in total. The van der Waals surface area contributed by atoms with Gasteiger partial charge in [0.1, 0.15) is 0 Å². The number of allylic oxidation sites excluding steroid dienone is 1. The molecule has 3 atom stereocenters. The molecule has 0 bridgehead atoms. The van der Waals surface area contributed by atoms with Crippen LogP contribution in [0.5, 0.6) is 0 Å². The molecule has 0 radical (unpaired) electrons. The first-order valence-electron chi connectivity index (χ1n) is 9.38. The normalized spacial score (nSPS) is 28.5. The molecule has 148 valence electrons. The van der Waals surface area contributed by atoms with Gasteiger partial charge in [-0.25, -0.2) is 16.8 Å². The van der Waals surface area contributed by atoms with E-state index in [2.05, 4.69) is 6.58 Å². The predicted octanol–water partition coefficient (Wildman–Crippen LogP) is 4.25. The minimum Gasteiger partial charge on any atom is -0.222 e. The zero-order valence-corrected chi connectivity index (χ0v) is 17.6. The highest BCUT2D eigenvalue weighted by atomic mass is 32.3. The lowest BCUT2D eigenvalue weighted by Gasteiger charge is -2.37. The number of rotatable bonds is 5. The van der Waals surface area contributed by atoms with Gasteiger partial charge in [0.2, 0.25) is 0 Å². The Hall–Kier alpha value is -1.92. The van der Waals surface area contributed by atoms with Crippen molar-refractivity contribution in [3.8, 4) is 0 Å². The molecule has 0 amide bonds. The average Bonchev–Trinajstić information content (AvgIpc) is 3.35. The zero-order chi connectivity index (χ0) is 20.4. The van der Waals surface area contributed by atoms with Crippen molar-refractivity contribution in [3.63, 3.8) is 0 Å². The molecular weight excluding hydrogens is 392 g/mol. The lowest BCUT2D eigenvalue weighted by atomic mass is 9.86. The van der Waals surface area contributed by atoms with Gasteiger partial charge in [-0.15, -0.1) is 0 Å². The summed E-state index contributed by atoms with van der Waals surface area (Å²) >= 11 is 0. The van der Waals surface area contributed by atoms with Gasteiger partial charge in [-0.1, -0.05) is 55.5 Å². The molecule has 6 heteroatoms. The monoisotopic (exact) mass is 416 g/mol. The van der Waals surface area contributed by atoms with Gasteiger partial charge in [0, 0.05) is 5.92 Å². The van der Waals surface area contributed by atoms with Crippen molar-refractivity contribution in [2.75, 3.05) is 0 Å². The molecule has 2 aromatic rings. The lowest BCUT2D eigenvalue weighted by Crippen LogP contribution is -2.51. The second kappa shape index (κ2) is 6.04. The van der Waals surface area contributed by atoms with Crippen LogP contribution >= 0.6 is 0 Å². The Morgan fingerprint density at radius 2 is 1.29 bits per heavy atom. The molecule has 0 aliphatic heterocycles. The molecule has 2 aliphatic carbocycles. The van der Waals surface area contributed by atoms with Crippen LogP contribution in [0.1, 0.15) is 26.7 Å². The van der Waals surface area contributed by atoms with E-state index in [1.165, 1.54) is 24.3 Å².